The maximum absolute atomic E-state index is 10.6. The van der Waals surface area contributed by atoms with Crippen molar-refractivity contribution in [1.29, 1.82) is 0 Å². The van der Waals surface area contributed by atoms with Gasteiger partial charge in [0.1, 0.15) is 18.5 Å². The summed E-state index contributed by atoms with van der Waals surface area (Å²) < 4.78 is 10.6. The SMILES string of the molecule is O=[N+]([O-])c1ccc(N=Nc2ccc(OCC3CO3)cc2)cc1. The van der Waals surface area contributed by atoms with E-state index in [4.69, 9.17) is 9.47 Å². The lowest BCUT2D eigenvalue weighted by Crippen LogP contribution is -2.03. The molecule has 1 fully saturated rings. The summed E-state index contributed by atoms with van der Waals surface area (Å²) in [5.41, 5.74) is 1.25. The highest BCUT2D eigenvalue weighted by Gasteiger charge is 2.22. The van der Waals surface area contributed by atoms with Gasteiger partial charge in [-0.3, -0.25) is 10.1 Å². The first-order valence-electron chi connectivity index (χ1n) is 6.71. The number of rotatable bonds is 6. The van der Waals surface area contributed by atoms with Crippen molar-refractivity contribution in [2.75, 3.05) is 13.2 Å². The smallest absolute Gasteiger partial charge is 0.269 e. The number of hydrogen-bond donors (Lipinski definition) is 0. The van der Waals surface area contributed by atoms with Crippen molar-refractivity contribution >= 4 is 17.1 Å². The largest absolute Gasteiger partial charge is 0.491 e. The number of nitro groups is 1. The maximum Gasteiger partial charge on any atom is 0.269 e. The van der Waals surface area contributed by atoms with Crippen LogP contribution in [-0.2, 0) is 4.74 Å². The molecule has 7 heteroatoms. The average molecular weight is 299 g/mol. The van der Waals surface area contributed by atoms with Crippen molar-refractivity contribution in [3.05, 3.63) is 58.6 Å². The molecule has 1 unspecified atom stereocenters. The minimum atomic E-state index is -0.452. The molecule has 0 aliphatic carbocycles. The molecule has 112 valence electrons. The van der Waals surface area contributed by atoms with Gasteiger partial charge in [-0.2, -0.15) is 10.2 Å². The Morgan fingerprint density at radius 3 is 2.14 bits per heavy atom. The van der Waals surface area contributed by atoms with E-state index in [1.807, 2.05) is 12.1 Å². The molecule has 7 nitrogen and oxygen atoms in total. The predicted molar refractivity (Wildman–Crippen MR) is 78.9 cm³/mol. The lowest BCUT2D eigenvalue weighted by atomic mass is 10.3. The zero-order chi connectivity index (χ0) is 15.4. The summed E-state index contributed by atoms with van der Waals surface area (Å²) >= 11 is 0. The second-order valence-electron chi connectivity index (χ2n) is 4.73. The van der Waals surface area contributed by atoms with E-state index in [1.165, 1.54) is 12.1 Å². The Hall–Kier alpha value is -2.80. The molecular formula is C15H13N3O4. The Morgan fingerprint density at radius 1 is 1.09 bits per heavy atom. The van der Waals surface area contributed by atoms with Gasteiger partial charge in [0.15, 0.2) is 0 Å². The molecule has 2 aromatic rings. The number of ether oxygens (including phenoxy) is 2. The number of nitro benzene ring substituents is 1. The molecule has 1 atom stereocenters. The summed E-state index contributed by atoms with van der Waals surface area (Å²) in [4.78, 5) is 10.1. The van der Waals surface area contributed by atoms with Crippen LogP contribution >= 0.6 is 0 Å². The van der Waals surface area contributed by atoms with Crippen LogP contribution in [0.15, 0.2) is 58.8 Å². The molecule has 3 rings (SSSR count). The van der Waals surface area contributed by atoms with Gasteiger partial charge in [-0.15, -0.1) is 0 Å². The van der Waals surface area contributed by atoms with Crippen LogP contribution in [0.3, 0.4) is 0 Å². The van der Waals surface area contributed by atoms with Crippen LogP contribution in [0, 0.1) is 10.1 Å². The summed E-state index contributed by atoms with van der Waals surface area (Å²) in [5, 5.41) is 18.7. The Bertz CT molecular complexity index is 679. The molecule has 0 spiro atoms. The van der Waals surface area contributed by atoms with E-state index in [0.717, 1.165) is 12.4 Å². The molecule has 0 amide bonds. The number of epoxide rings is 1. The predicted octanol–water partition coefficient (Wildman–Crippen LogP) is 3.79. The first kappa shape index (κ1) is 14.2. The molecule has 1 aliphatic rings. The van der Waals surface area contributed by atoms with Crippen LogP contribution in [-0.4, -0.2) is 24.2 Å². The molecule has 1 saturated heterocycles. The van der Waals surface area contributed by atoms with Crippen molar-refractivity contribution < 1.29 is 14.4 Å². The van der Waals surface area contributed by atoms with Gasteiger partial charge >= 0.3 is 0 Å². The number of non-ortho nitro benzene ring substituents is 1. The fraction of sp³-hybridized carbons (Fsp3) is 0.200. The van der Waals surface area contributed by atoms with E-state index >= 15 is 0 Å². The van der Waals surface area contributed by atoms with Crippen LogP contribution in [0.1, 0.15) is 0 Å². The molecule has 0 aromatic heterocycles. The highest BCUT2D eigenvalue weighted by Crippen LogP contribution is 2.23. The van der Waals surface area contributed by atoms with Crippen LogP contribution in [0.5, 0.6) is 5.75 Å². The van der Waals surface area contributed by atoms with Crippen molar-refractivity contribution in [2.45, 2.75) is 6.10 Å². The van der Waals surface area contributed by atoms with E-state index in [-0.39, 0.29) is 11.8 Å². The molecule has 0 radical (unpaired) electrons. The first-order chi connectivity index (χ1) is 10.7. The summed E-state index contributed by atoms with van der Waals surface area (Å²) in [6.07, 6.45) is 0.224. The van der Waals surface area contributed by atoms with Crippen LogP contribution in [0.4, 0.5) is 17.1 Å². The monoisotopic (exact) mass is 299 g/mol. The summed E-state index contributed by atoms with van der Waals surface area (Å²) in [7, 11) is 0. The van der Waals surface area contributed by atoms with E-state index < -0.39 is 4.92 Å². The maximum atomic E-state index is 10.6. The molecule has 0 N–H and O–H groups in total. The van der Waals surface area contributed by atoms with Crippen molar-refractivity contribution in [2.24, 2.45) is 10.2 Å². The van der Waals surface area contributed by atoms with Gasteiger partial charge in [0, 0.05) is 12.1 Å². The number of benzene rings is 2. The molecule has 1 aliphatic heterocycles. The van der Waals surface area contributed by atoms with Gasteiger partial charge in [-0.25, -0.2) is 0 Å². The fourth-order valence-electron chi connectivity index (χ4n) is 1.72. The van der Waals surface area contributed by atoms with Gasteiger partial charge in [0.25, 0.3) is 5.69 Å². The Kier molecular flexibility index (Phi) is 4.06. The molecule has 22 heavy (non-hydrogen) atoms. The molecular weight excluding hydrogens is 286 g/mol. The highest BCUT2D eigenvalue weighted by atomic mass is 16.6. The lowest BCUT2D eigenvalue weighted by Gasteiger charge is -2.03. The molecule has 0 bridgehead atoms. The zero-order valence-electron chi connectivity index (χ0n) is 11.6. The average Bonchev–Trinajstić information content (AvgIpc) is 3.36. The number of azo groups is 1. The Morgan fingerprint density at radius 2 is 1.64 bits per heavy atom. The van der Waals surface area contributed by atoms with E-state index in [0.29, 0.717) is 18.0 Å². The van der Waals surface area contributed by atoms with E-state index in [2.05, 4.69) is 10.2 Å². The summed E-state index contributed by atoms with van der Waals surface area (Å²) in [6, 6.07) is 13.1. The van der Waals surface area contributed by atoms with E-state index in [9.17, 15) is 10.1 Å². The fourth-order valence-corrected chi connectivity index (χ4v) is 1.72. The Balaban J connectivity index is 1.60. The minimum absolute atomic E-state index is 0.0279. The molecule has 1 heterocycles. The second kappa shape index (κ2) is 6.31. The normalized spacial score (nSPS) is 16.6. The topological polar surface area (TPSA) is 89.6 Å². The minimum Gasteiger partial charge on any atom is -0.491 e. The van der Waals surface area contributed by atoms with Crippen LogP contribution in [0.2, 0.25) is 0 Å². The highest BCUT2D eigenvalue weighted by molar-refractivity contribution is 5.45. The standard InChI is InChI=1S/C15H13N3O4/c19-18(20)13-5-1-11(2-6-13)16-17-12-3-7-14(8-4-12)21-9-15-10-22-15/h1-8,15H,9-10H2. The van der Waals surface area contributed by atoms with Gasteiger partial charge in [0.2, 0.25) is 0 Å². The van der Waals surface area contributed by atoms with Crippen molar-refractivity contribution in [3.8, 4) is 5.75 Å². The van der Waals surface area contributed by atoms with Crippen molar-refractivity contribution in [3.63, 3.8) is 0 Å². The summed E-state index contributed by atoms with van der Waals surface area (Å²) in [5.74, 6) is 0.754. The van der Waals surface area contributed by atoms with Gasteiger partial charge in [0.05, 0.1) is 22.9 Å². The Labute approximate surface area is 126 Å². The third-order valence-electron chi connectivity index (χ3n) is 3.02. The lowest BCUT2D eigenvalue weighted by molar-refractivity contribution is -0.384. The molecule has 0 saturated carbocycles. The van der Waals surface area contributed by atoms with Crippen LogP contribution < -0.4 is 4.74 Å². The van der Waals surface area contributed by atoms with Gasteiger partial charge in [-0.05, 0) is 36.4 Å². The third kappa shape index (κ3) is 3.86. The first-order valence-corrected chi connectivity index (χ1v) is 6.71. The van der Waals surface area contributed by atoms with Gasteiger partial charge < -0.3 is 9.47 Å². The number of nitrogens with zero attached hydrogens (tertiary/aromatic N) is 3. The van der Waals surface area contributed by atoms with Crippen molar-refractivity contribution in [1.82, 2.24) is 0 Å². The number of hydrogen-bond acceptors (Lipinski definition) is 6. The zero-order valence-corrected chi connectivity index (χ0v) is 11.6. The quantitative estimate of drug-likeness (QED) is 0.351. The second-order valence-corrected chi connectivity index (χ2v) is 4.73. The molecule has 2 aromatic carbocycles. The third-order valence-corrected chi connectivity index (χ3v) is 3.02. The summed E-state index contributed by atoms with van der Waals surface area (Å²) in [6.45, 7) is 1.32. The van der Waals surface area contributed by atoms with Crippen LogP contribution in [0.25, 0.3) is 0 Å². The van der Waals surface area contributed by atoms with Gasteiger partial charge in [-0.1, -0.05) is 0 Å². The van der Waals surface area contributed by atoms with E-state index in [1.54, 1.807) is 24.3 Å².